The summed E-state index contributed by atoms with van der Waals surface area (Å²) >= 11 is 7.00. The highest BCUT2D eigenvalue weighted by molar-refractivity contribution is 9.11. The lowest BCUT2D eigenvalue weighted by atomic mass is 10.1. The summed E-state index contributed by atoms with van der Waals surface area (Å²) in [6.45, 7) is 4.30. The fourth-order valence-corrected chi connectivity index (χ4v) is 3.94. The SMILES string of the molecule is CCOc1c(Br)cc(Br)cc1/C=C1\C(=O)N(c2ccccc2)N=C1C. The first-order valence-corrected chi connectivity index (χ1v) is 9.38. The summed E-state index contributed by atoms with van der Waals surface area (Å²) in [5.41, 5.74) is 2.79. The first-order valence-electron chi connectivity index (χ1n) is 7.80. The molecule has 1 heterocycles. The van der Waals surface area contributed by atoms with E-state index < -0.39 is 0 Å². The Balaban J connectivity index is 2.03. The van der Waals surface area contributed by atoms with Gasteiger partial charge >= 0.3 is 0 Å². The third kappa shape index (κ3) is 3.70. The van der Waals surface area contributed by atoms with Gasteiger partial charge in [-0.3, -0.25) is 4.79 Å². The van der Waals surface area contributed by atoms with E-state index in [4.69, 9.17) is 4.74 Å². The molecule has 1 aliphatic rings. The van der Waals surface area contributed by atoms with E-state index in [-0.39, 0.29) is 5.91 Å². The van der Waals surface area contributed by atoms with Crippen molar-refractivity contribution in [3.05, 3.63) is 62.5 Å². The fraction of sp³-hybridized carbons (Fsp3) is 0.158. The lowest BCUT2D eigenvalue weighted by molar-refractivity contribution is -0.114. The Hall–Kier alpha value is -1.92. The number of carbonyl (C=O) groups is 1. The third-order valence-corrected chi connectivity index (χ3v) is 4.74. The van der Waals surface area contributed by atoms with Gasteiger partial charge in [0, 0.05) is 10.0 Å². The highest BCUT2D eigenvalue weighted by Crippen LogP contribution is 2.35. The van der Waals surface area contributed by atoms with E-state index in [2.05, 4.69) is 37.0 Å². The second-order valence-corrected chi connectivity index (χ2v) is 7.20. The van der Waals surface area contributed by atoms with Crippen LogP contribution in [0.15, 0.2) is 62.1 Å². The summed E-state index contributed by atoms with van der Waals surface area (Å²) in [7, 11) is 0. The van der Waals surface area contributed by atoms with Crippen molar-refractivity contribution in [3.8, 4) is 5.75 Å². The molecule has 0 N–H and O–H groups in total. The van der Waals surface area contributed by atoms with E-state index in [1.807, 2.05) is 62.4 Å². The molecule has 0 unspecified atom stereocenters. The van der Waals surface area contributed by atoms with E-state index in [1.165, 1.54) is 5.01 Å². The van der Waals surface area contributed by atoms with Gasteiger partial charge in [0.05, 0.1) is 28.1 Å². The normalized spacial score (nSPS) is 15.7. The van der Waals surface area contributed by atoms with Crippen LogP contribution < -0.4 is 9.75 Å². The molecule has 128 valence electrons. The number of hydrogen-bond donors (Lipinski definition) is 0. The van der Waals surface area contributed by atoms with Crippen LogP contribution in [0.1, 0.15) is 19.4 Å². The van der Waals surface area contributed by atoms with Crippen LogP contribution in [0.4, 0.5) is 5.69 Å². The largest absolute Gasteiger partial charge is 0.492 e. The molecule has 0 saturated carbocycles. The molecule has 1 aliphatic heterocycles. The van der Waals surface area contributed by atoms with Crippen molar-refractivity contribution in [2.45, 2.75) is 13.8 Å². The van der Waals surface area contributed by atoms with Crippen LogP contribution in [0, 0.1) is 0 Å². The summed E-state index contributed by atoms with van der Waals surface area (Å²) < 4.78 is 7.46. The van der Waals surface area contributed by atoms with Crippen molar-refractivity contribution in [2.24, 2.45) is 5.10 Å². The zero-order chi connectivity index (χ0) is 18.0. The van der Waals surface area contributed by atoms with Gasteiger partial charge in [0.1, 0.15) is 5.75 Å². The van der Waals surface area contributed by atoms with Gasteiger partial charge in [0.2, 0.25) is 0 Å². The molecule has 25 heavy (non-hydrogen) atoms. The minimum atomic E-state index is -0.151. The molecule has 1 amide bonds. The second kappa shape index (κ2) is 7.54. The van der Waals surface area contributed by atoms with Crippen LogP contribution in [0.3, 0.4) is 0 Å². The predicted octanol–water partition coefficient (Wildman–Crippen LogP) is 5.42. The Morgan fingerprint density at radius 3 is 2.60 bits per heavy atom. The maximum Gasteiger partial charge on any atom is 0.280 e. The van der Waals surface area contributed by atoms with Crippen LogP contribution in [-0.2, 0) is 4.79 Å². The number of nitrogens with zero attached hydrogens (tertiary/aromatic N) is 2. The van der Waals surface area contributed by atoms with Gasteiger partial charge in [-0.05, 0) is 60.1 Å². The van der Waals surface area contributed by atoms with E-state index >= 15 is 0 Å². The van der Waals surface area contributed by atoms with Crippen molar-refractivity contribution in [3.63, 3.8) is 0 Å². The summed E-state index contributed by atoms with van der Waals surface area (Å²) in [6.07, 6.45) is 1.82. The molecular weight excluding hydrogens is 448 g/mol. The molecule has 0 radical (unpaired) electrons. The summed E-state index contributed by atoms with van der Waals surface area (Å²) in [5, 5.41) is 5.83. The molecule has 0 atom stereocenters. The molecule has 0 spiro atoms. The Bertz CT molecular complexity index is 876. The van der Waals surface area contributed by atoms with E-state index in [9.17, 15) is 4.79 Å². The van der Waals surface area contributed by atoms with Gasteiger partial charge in [-0.15, -0.1) is 0 Å². The highest BCUT2D eigenvalue weighted by Gasteiger charge is 2.29. The number of rotatable bonds is 4. The molecule has 6 heteroatoms. The number of hydrogen-bond acceptors (Lipinski definition) is 3. The van der Waals surface area contributed by atoms with Gasteiger partial charge in [0.15, 0.2) is 0 Å². The Kier molecular flexibility index (Phi) is 5.39. The quantitative estimate of drug-likeness (QED) is 0.568. The number of halogens is 2. The topological polar surface area (TPSA) is 41.9 Å². The monoisotopic (exact) mass is 462 g/mol. The van der Waals surface area contributed by atoms with Gasteiger partial charge in [0.25, 0.3) is 5.91 Å². The summed E-state index contributed by atoms with van der Waals surface area (Å²) in [5.74, 6) is 0.555. The van der Waals surface area contributed by atoms with Crippen molar-refractivity contribution < 1.29 is 9.53 Å². The molecular formula is C19H16Br2N2O2. The predicted molar refractivity (Wildman–Crippen MR) is 108 cm³/mol. The average Bonchev–Trinajstić information content (AvgIpc) is 2.87. The van der Waals surface area contributed by atoms with Crippen LogP contribution >= 0.6 is 31.9 Å². The van der Waals surface area contributed by atoms with E-state index in [1.54, 1.807) is 0 Å². The molecule has 0 saturated heterocycles. The lowest BCUT2D eigenvalue weighted by Gasteiger charge is -2.12. The van der Waals surface area contributed by atoms with Crippen molar-refractivity contribution in [2.75, 3.05) is 11.6 Å². The highest BCUT2D eigenvalue weighted by atomic mass is 79.9. The maximum absolute atomic E-state index is 12.8. The third-order valence-electron chi connectivity index (χ3n) is 3.69. The Labute approximate surface area is 163 Å². The first kappa shape index (κ1) is 17.9. The average molecular weight is 464 g/mol. The fourth-order valence-electron chi connectivity index (χ4n) is 2.57. The van der Waals surface area contributed by atoms with Crippen LogP contribution in [-0.4, -0.2) is 18.2 Å². The number of benzene rings is 2. The standard InChI is InChI=1S/C19H16Br2N2O2/c1-3-25-18-13(9-14(20)11-17(18)21)10-16-12(2)22-23(19(16)24)15-7-5-4-6-8-15/h4-11H,3H2,1-2H3/b16-10-. The first-order chi connectivity index (χ1) is 12.0. The summed E-state index contributed by atoms with van der Waals surface area (Å²) in [4.78, 5) is 12.8. The zero-order valence-electron chi connectivity index (χ0n) is 13.8. The second-order valence-electron chi connectivity index (χ2n) is 5.43. The molecule has 0 bridgehead atoms. The smallest absolute Gasteiger partial charge is 0.280 e. The molecule has 4 nitrogen and oxygen atoms in total. The number of hydrazone groups is 1. The number of carbonyl (C=O) groups excluding carboxylic acids is 1. The van der Waals surface area contributed by atoms with E-state index in [0.717, 1.165) is 20.2 Å². The Morgan fingerprint density at radius 1 is 1.20 bits per heavy atom. The number of para-hydroxylation sites is 1. The minimum absolute atomic E-state index is 0.151. The molecule has 3 rings (SSSR count). The van der Waals surface area contributed by atoms with Crippen molar-refractivity contribution in [1.29, 1.82) is 0 Å². The van der Waals surface area contributed by atoms with Crippen LogP contribution in [0.25, 0.3) is 6.08 Å². The van der Waals surface area contributed by atoms with Gasteiger partial charge in [-0.25, -0.2) is 0 Å². The maximum atomic E-state index is 12.8. The number of ether oxygens (including phenoxy) is 1. The van der Waals surface area contributed by atoms with Gasteiger partial charge in [-0.2, -0.15) is 10.1 Å². The Morgan fingerprint density at radius 2 is 1.92 bits per heavy atom. The van der Waals surface area contributed by atoms with E-state index in [0.29, 0.717) is 23.6 Å². The van der Waals surface area contributed by atoms with Gasteiger partial charge in [-0.1, -0.05) is 34.1 Å². The molecule has 0 fully saturated rings. The summed E-state index contributed by atoms with van der Waals surface area (Å²) in [6, 6.07) is 13.2. The van der Waals surface area contributed by atoms with Crippen LogP contribution in [0.5, 0.6) is 5.75 Å². The molecule has 0 aromatic heterocycles. The van der Waals surface area contributed by atoms with Crippen molar-refractivity contribution in [1.82, 2.24) is 0 Å². The number of amides is 1. The molecule has 2 aromatic carbocycles. The minimum Gasteiger partial charge on any atom is -0.492 e. The zero-order valence-corrected chi connectivity index (χ0v) is 17.0. The van der Waals surface area contributed by atoms with Gasteiger partial charge < -0.3 is 4.74 Å². The lowest BCUT2D eigenvalue weighted by Crippen LogP contribution is -2.21. The molecule has 0 aliphatic carbocycles. The van der Waals surface area contributed by atoms with Crippen LogP contribution in [0.2, 0.25) is 0 Å². The number of anilines is 1. The molecule has 2 aromatic rings. The van der Waals surface area contributed by atoms with Crippen molar-refractivity contribution >= 4 is 55.2 Å².